The molecule has 2 amide bonds. The molecule has 0 aliphatic heterocycles. The standard InChI is InChI=1S/C47H87N3O5/c1-4-6-8-10-12-14-16-18-20-22-24-26-28-30-32-34-46(52)48-36-38-50(3,40-42-54-44-45-55-43-41-51)39-37-49-47(53)35-33-31-29-27-25-23-21-19-17-15-13-11-9-7-5-2/h12-15,18-21,51H,4-11,16-17,22-45H2,1-3H3,(H-,48,49,52,53)/p+1/b14-12-,15-13-,20-18-,21-19-. The molecule has 0 aliphatic rings. The Morgan fingerprint density at radius 2 is 0.873 bits per heavy atom. The Balaban J connectivity index is 4.20. The van der Waals surface area contributed by atoms with Crippen LogP contribution in [0.4, 0.5) is 0 Å². The van der Waals surface area contributed by atoms with Crippen LogP contribution in [0, 0.1) is 0 Å². The summed E-state index contributed by atoms with van der Waals surface area (Å²) in [5.74, 6) is 0.250. The van der Waals surface area contributed by atoms with E-state index in [1.54, 1.807) is 0 Å². The summed E-state index contributed by atoms with van der Waals surface area (Å²) in [6.07, 6.45) is 45.4. The lowest BCUT2D eigenvalue weighted by molar-refractivity contribution is -0.907. The molecule has 0 aromatic carbocycles. The summed E-state index contributed by atoms with van der Waals surface area (Å²) in [6.45, 7) is 9.87. The molecule has 8 nitrogen and oxygen atoms in total. The number of carbonyl (C=O) groups excluding carboxylic acids is 2. The zero-order chi connectivity index (χ0) is 40.2. The Morgan fingerprint density at radius 3 is 1.29 bits per heavy atom. The fourth-order valence-electron chi connectivity index (χ4n) is 6.31. The number of unbranched alkanes of at least 4 members (excludes halogenated alkanes) is 16. The monoisotopic (exact) mass is 775 g/mol. The van der Waals surface area contributed by atoms with Crippen molar-refractivity contribution in [2.24, 2.45) is 0 Å². The summed E-state index contributed by atoms with van der Waals surface area (Å²) >= 11 is 0. The van der Waals surface area contributed by atoms with Gasteiger partial charge >= 0.3 is 0 Å². The molecule has 0 aromatic heterocycles. The van der Waals surface area contributed by atoms with Crippen molar-refractivity contribution in [3.05, 3.63) is 48.6 Å². The summed E-state index contributed by atoms with van der Waals surface area (Å²) in [4.78, 5) is 25.2. The third-order valence-electron chi connectivity index (χ3n) is 10.0. The van der Waals surface area contributed by atoms with Crippen LogP contribution in [0.15, 0.2) is 48.6 Å². The molecule has 0 aliphatic carbocycles. The molecule has 0 bridgehead atoms. The lowest BCUT2D eigenvalue weighted by Gasteiger charge is -2.34. The molecule has 320 valence electrons. The maximum atomic E-state index is 12.6. The van der Waals surface area contributed by atoms with Crippen LogP contribution in [-0.4, -0.2) is 94.2 Å². The van der Waals surface area contributed by atoms with Gasteiger partial charge in [-0.1, -0.05) is 127 Å². The lowest BCUT2D eigenvalue weighted by atomic mass is 10.1. The van der Waals surface area contributed by atoms with E-state index in [4.69, 9.17) is 14.6 Å². The first kappa shape index (κ1) is 52.7. The molecule has 3 N–H and O–H groups in total. The summed E-state index contributed by atoms with van der Waals surface area (Å²) < 4.78 is 11.8. The second-order valence-electron chi connectivity index (χ2n) is 15.4. The van der Waals surface area contributed by atoms with Gasteiger partial charge in [0.2, 0.25) is 11.8 Å². The largest absolute Gasteiger partial charge is 0.394 e. The number of nitrogens with one attached hydrogen (secondary N) is 2. The van der Waals surface area contributed by atoms with Crippen molar-refractivity contribution in [3.63, 3.8) is 0 Å². The van der Waals surface area contributed by atoms with E-state index < -0.39 is 0 Å². The number of allylic oxidation sites excluding steroid dienone is 8. The Kier molecular flexibility index (Phi) is 41.1. The van der Waals surface area contributed by atoms with E-state index in [-0.39, 0.29) is 18.4 Å². The van der Waals surface area contributed by atoms with Gasteiger partial charge in [-0.05, 0) is 77.0 Å². The van der Waals surface area contributed by atoms with Crippen LogP contribution in [0.25, 0.3) is 0 Å². The van der Waals surface area contributed by atoms with Gasteiger partial charge in [0.15, 0.2) is 0 Å². The number of ether oxygens (including phenoxy) is 2. The predicted molar refractivity (Wildman–Crippen MR) is 234 cm³/mol. The topological polar surface area (TPSA) is 96.9 Å². The summed E-state index contributed by atoms with van der Waals surface area (Å²) in [5.41, 5.74) is 0. The van der Waals surface area contributed by atoms with Crippen molar-refractivity contribution in [3.8, 4) is 0 Å². The molecule has 0 atom stereocenters. The highest BCUT2D eigenvalue weighted by atomic mass is 16.5. The van der Waals surface area contributed by atoms with Crippen molar-refractivity contribution in [2.45, 2.75) is 168 Å². The summed E-state index contributed by atoms with van der Waals surface area (Å²) in [6, 6.07) is 0. The number of hydrogen-bond donors (Lipinski definition) is 3. The molecule has 0 saturated heterocycles. The molecule has 0 radical (unpaired) electrons. The highest BCUT2D eigenvalue weighted by molar-refractivity contribution is 5.76. The van der Waals surface area contributed by atoms with Gasteiger partial charge in [-0.15, -0.1) is 0 Å². The van der Waals surface area contributed by atoms with E-state index in [1.165, 1.54) is 89.9 Å². The van der Waals surface area contributed by atoms with Crippen LogP contribution in [0.3, 0.4) is 0 Å². The van der Waals surface area contributed by atoms with Crippen molar-refractivity contribution in [2.75, 3.05) is 72.8 Å². The van der Waals surface area contributed by atoms with Gasteiger partial charge in [0, 0.05) is 12.8 Å². The minimum Gasteiger partial charge on any atom is -0.394 e. The average molecular weight is 775 g/mol. The fourth-order valence-corrected chi connectivity index (χ4v) is 6.31. The van der Waals surface area contributed by atoms with Crippen molar-refractivity contribution < 1.29 is 28.7 Å². The lowest BCUT2D eigenvalue weighted by Crippen LogP contribution is -2.53. The average Bonchev–Trinajstić information content (AvgIpc) is 3.17. The highest BCUT2D eigenvalue weighted by Gasteiger charge is 2.22. The first-order valence-electron chi connectivity index (χ1n) is 22.7. The van der Waals surface area contributed by atoms with Crippen LogP contribution >= 0.6 is 0 Å². The highest BCUT2D eigenvalue weighted by Crippen LogP contribution is 2.10. The van der Waals surface area contributed by atoms with Gasteiger partial charge in [0.05, 0.1) is 66.3 Å². The molecular weight excluding hydrogens is 687 g/mol. The quantitative estimate of drug-likeness (QED) is 0.0326. The molecule has 8 heteroatoms. The smallest absolute Gasteiger partial charge is 0.220 e. The first-order valence-corrected chi connectivity index (χ1v) is 22.7. The number of quaternary nitrogens is 1. The Labute approximate surface area is 339 Å². The number of carbonyl (C=O) groups is 2. The molecular formula is C47H88N3O5+. The van der Waals surface area contributed by atoms with E-state index in [1.807, 2.05) is 0 Å². The van der Waals surface area contributed by atoms with E-state index >= 15 is 0 Å². The summed E-state index contributed by atoms with van der Waals surface area (Å²) in [7, 11) is 2.17. The van der Waals surface area contributed by atoms with Crippen molar-refractivity contribution in [1.29, 1.82) is 0 Å². The molecule has 0 fully saturated rings. The maximum Gasteiger partial charge on any atom is 0.220 e. The third-order valence-corrected chi connectivity index (χ3v) is 10.0. The normalized spacial score (nSPS) is 12.3. The maximum absolute atomic E-state index is 12.6. The molecule has 0 rings (SSSR count). The van der Waals surface area contributed by atoms with Crippen LogP contribution < -0.4 is 10.6 Å². The first-order chi connectivity index (χ1) is 27.0. The minimum atomic E-state index is 0.0115. The summed E-state index contributed by atoms with van der Waals surface area (Å²) in [5, 5.41) is 15.2. The number of hydrogen-bond acceptors (Lipinski definition) is 5. The van der Waals surface area contributed by atoms with Gasteiger partial charge in [-0.25, -0.2) is 0 Å². The molecule has 55 heavy (non-hydrogen) atoms. The Bertz CT molecular complexity index is 900. The van der Waals surface area contributed by atoms with Gasteiger partial charge in [0.1, 0.15) is 6.54 Å². The van der Waals surface area contributed by atoms with E-state index in [2.05, 4.69) is 80.1 Å². The van der Waals surface area contributed by atoms with E-state index in [0.29, 0.717) is 56.8 Å². The molecule has 0 heterocycles. The van der Waals surface area contributed by atoms with Crippen LogP contribution in [0.5, 0.6) is 0 Å². The SMILES string of the molecule is CCCCC/C=C\C/C=C\CCCCCCCC(=O)NCC[N+](C)(CCNC(=O)CCCCCCC/C=C\C/C=C\CCCCC)CCOCCOCCO. The number of amides is 2. The number of likely N-dealkylation sites (N-methyl/N-ethyl adjacent to an activating group) is 1. The van der Waals surface area contributed by atoms with Gasteiger partial charge in [-0.3, -0.25) is 9.59 Å². The second-order valence-corrected chi connectivity index (χ2v) is 15.4. The molecule has 0 saturated carbocycles. The van der Waals surface area contributed by atoms with E-state index in [0.717, 1.165) is 71.0 Å². The minimum absolute atomic E-state index is 0.0115. The Hall–Kier alpha value is -2.26. The number of rotatable bonds is 42. The van der Waals surface area contributed by atoms with Crippen molar-refractivity contribution >= 4 is 11.8 Å². The number of aliphatic hydroxyl groups is 1. The molecule has 0 spiro atoms. The Morgan fingerprint density at radius 1 is 0.491 bits per heavy atom. The number of aliphatic hydroxyl groups excluding tert-OH is 1. The zero-order valence-electron chi connectivity index (χ0n) is 36.2. The van der Waals surface area contributed by atoms with Gasteiger partial charge in [-0.2, -0.15) is 0 Å². The number of nitrogens with zero attached hydrogens (tertiary/aromatic N) is 1. The van der Waals surface area contributed by atoms with E-state index in [9.17, 15) is 9.59 Å². The zero-order valence-corrected chi connectivity index (χ0v) is 36.2. The molecule has 0 aromatic rings. The van der Waals surface area contributed by atoms with Crippen molar-refractivity contribution in [1.82, 2.24) is 10.6 Å². The second kappa shape index (κ2) is 42.9. The van der Waals surface area contributed by atoms with Crippen LogP contribution in [0.2, 0.25) is 0 Å². The predicted octanol–water partition coefficient (Wildman–Crippen LogP) is 10.3. The van der Waals surface area contributed by atoms with Gasteiger partial charge < -0.3 is 29.7 Å². The van der Waals surface area contributed by atoms with Crippen LogP contribution in [-0.2, 0) is 19.1 Å². The van der Waals surface area contributed by atoms with Crippen LogP contribution in [0.1, 0.15) is 168 Å². The fraction of sp³-hybridized carbons (Fsp3) is 0.787. The third kappa shape index (κ3) is 41.2. The molecule has 0 unspecified atom stereocenters. The van der Waals surface area contributed by atoms with Gasteiger partial charge in [0.25, 0.3) is 0 Å².